The summed E-state index contributed by atoms with van der Waals surface area (Å²) in [6, 6.07) is -0.285. The highest BCUT2D eigenvalue weighted by Crippen LogP contribution is 2.07. The summed E-state index contributed by atoms with van der Waals surface area (Å²) < 4.78 is 0. The number of nitrogens with two attached hydrogens (primary N) is 1. The molecule has 0 saturated carbocycles. The van der Waals surface area contributed by atoms with E-state index in [4.69, 9.17) is 5.73 Å². The number of rotatable bonds is 3. The van der Waals surface area contributed by atoms with Crippen LogP contribution in [-0.4, -0.2) is 24.3 Å². The van der Waals surface area contributed by atoms with Gasteiger partial charge in [-0.1, -0.05) is 13.8 Å². The molecule has 1 unspecified atom stereocenters. The zero-order valence-corrected chi connectivity index (χ0v) is 8.92. The SMILES string of the molecule is CC(C)C(NC1=NCCCC1)C(N)=O. The third-order valence-corrected chi connectivity index (χ3v) is 2.42. The molecule has 0 aromatic heterocycles. The van der Waals surface area contributed by atoms with Crippen LogP contribution in [-0.2, 0) is 4.79 Å². The van der Waals surface area contributed by atoms with Crippen LogP contribution in [0.25, 0.3) is 0 Å². The first-order valence-electron chi connectivity index (χ1n) is 5.20. The molecule has 1 atom stereocenters. The first kappa shape index (κ1) is 11.0. The van der Waals surface area contributed by atoms with Crippen molar-refractivity contribution in [3.63, 3.8) is 0 Å². The molecule has 0 aromatic carbocycles. The molecule has 1 aliphatic heterocycles. The lowest BCUT2D eigenvalue weighted by Gasteiger charge is -2.22. The van der Waals surface area contributed by atoms with Crippen molar-refractivity contribution in [3.05, 3.63) is 0 Å². The predicted octanol–water partition coefficient (Wildman–Crippen LogP) is 0.668. The first-order valence-corrected chi connectivity index (χ1v) is 5.20. The van der Waals surface area contributed by atoms with Gasteiger partial charge in [0, 0.05) is 13.0 Å². The zero-order chi connectivity index (χ0) is 10.6. The largest absolute Gasteiger partial charge is 0.368 e. The molecule has 0 radical (unpaired) electrons. The number of aliphatic imine (C=N–C) groups is 1. The first-order chi connectivity index (χ1) is 6.61. The molecule has 0 saturated heterocycles. The van der Waals surface area contributed by atoms with E-state index >= 15 is 0 Å². The van der Waals surface area contributed by atoms with Gasteiger partial charge in [0.1, 0.15) is 6.04 Å². The van der Waals surface area contributed by atoms with Crippen LogP contribution in [0.5, 0.6) is 0 Å². The van der Waals surface area contributed by atoms with Gasteiger partial charge in [-0.05, 0) is 18.8 Å². The van der Waals surface area contributed by atoms with Crippen molar-refractivity contribution in [1.29, 1.82) is 0 Å². The number of hydrogen-bond acceptors (Lipinski definition) is 3. The highest BCUT2D eigenvalue weighted by Gasteiger charge is 2.20. The van der Waals surface area contributed by atoms with Gasteiger partial charge in [-0.15, -0.1) is 0 Å². The van der Waals surface area contributed by atoms with Crippen molar-refractivity contribution in [2.45, 2.75) is 39.2 Å². The van der Waals surface area contributed by atoms with E-state index in [2.05, 4.69) is 10.3 Å². The number of nitrogens with zero attached hydrogens (tertiary/aromatic N) is 1. The van der Waals surface area contributed by atoms with Gasteiger partial charge >= 0.3 is 0 Å². The number of primary amides is 1. The van der Waals surface area contributed by atoms with E-state index in [-0.39, 0.29) is 17.9 Å². The molecule has 3 N–H and O–H groups in total. The Kier molecular flexibility index (Phi) is 3.92. The Bertz CT molecular complexity index is 236. The second-order valence-electron chi connectivity index (χ2n) is 4.05. The Labute approximate surface area is 85.0 Å². The van der Waals surface area contributed by atoms with Crippen LogP contribution in [0.15, 0.2) is 4.99 Å². The lowest BCUT2D eigenvalue weighted by molar-refractivity contribution is -0.120. The van der Waals surface area contributed by atoms with Crippen molar-refractivity contribution < 1.29 is 4.79 Å². The lowest BCUT2D eigenvalue weighted by Crippen LogP contribution is -2.48. The average Bonchev–Trinajstić information content (AvgIpc) is 2.15. The third-order valence-electron chi connectivity index (χ3n) is 2.42. The van der Waals surface area contributed by atoms with Crippen LogP contribution in [0.2, 0.25) is 0 Å². The van der Waals surface area contributed by atoms with Gasteiger partial charge in [-0.3, -0.25) is 9.79 Å². The molecule has 0 spiro atoms. The molecular formula is C10H19N3O. The van der Waals surface area contributed by atoms with E-state index in [1.165, 1.54) is 0 Å². The summed E-state index contributed by atoms with van der Waals surface area (Å²) >= 11 is 0. The summed E-state index contributed by atoms with van der Waals surface area (Å²) in [6.07, 6.45) is 3.24. The maximum atomic E-state index is 11.1. The Hall–Kier alpha value is -1.06. The van der Waals surface area contributed by atoms with Crippen molar-refractivity contribution >= 4 is 11.7 Å². The van der Waals surface area contributed by atoms with E-state index in [0.717, 1.165) is 31.6 Å². The topological polar surface area (TPSA) is 67.5 Å². The van der Waals surface area contributed by atoms with Crippen LogP contribution in [0, 0.1) is 5.92 Å². The Morgan fingerprint density at radius 3 is 2.64 bits per heavy atom. The minimum Gasteiger partial charge on any atom is -0.368 e. The number of amides is 1. The number of hydrogen-bond donors (Lipinski definition) is 2. The van der Waals surface area contributed by atoms with E-state index in [9.17, 15) is 4.79 Å². The molecule has 0 aromatic rings. The second kappa shape index (κ2) is 4.98. The van der Waals surface area contributed by atoms with Crippen LogP contribution in [0.1, 0.15) is 33.1 Å². The number of amidine groups is 1. The number of carbonyl (C=O) groups excluding carboxylic acids is 1. The smallest absolute Gasteiger partial charge is 0.240 e. The minimum absolute atomic E-state index is 0.206. The third kappa shape index (κ3) is 3.01. The van der Waals surface area contributed by atoms with Gasteiger partial charge in [-0.2, -0.15) is 0 Å². The second-order valence-corrected chi connectivity index (χ2v) is 4.05. The van der Waals surface area contributed by atoms with Crippen molar-refractivity contribution in [2.75, 3.05) is 6.54 Å². The van der Waals surface area contributed by atoms with Gasteiger partial charge in [0.2, 0.25) is 5.91 Å². The fraction of sp³-hybridized carbons (Fsp3) is 0.800. The fourth-order valence-corrected chi connectivity index (χ4v) is 1.56. The van der Waals surface area contributed by atoms with Gasteiger partial charge in [0.15, 0.2) is 0 Å². The molecular weight excluding hydrogens is 178 g/mol. The fourth-order valence-electron chi connectivity index (χ4n) is 1.56. The molecule has 1 aliphatic rings. The Morgan fingerprint density at radius 2 is 2.21 bits per heavy atom. The number of carbonyl (C=O) groups is 1. The summed E-state index contributed by atoms with van der Waals surface area (Å²) in [5.74, 6) is 0.846. The molecule has 1 rings (SSSR count). The van der Waals surface area contributed by atoms with E-state index in [1.807, 2.05) is 13.8 Å². The van der Waals surface area contributed by atoms with Gasteiger partial charge < -0.3 is 11.1 Å². The zero-order valence-electron chi connectivity index (χ0n) is 8.92. The summed E-state index contributed by atoms with van der Waals surface area (Å²) in [6.45, 7) is 4.82. The van der Waals surface area contributed by atoms with Crippen molar-refractivity contribution in [3.8, 4) is 0 Å². The van der Waals surface area contributed by atoms with E-state index in [1.54, 1.807) is 0 Å². The Balaban J connectivity index is 2.54. The Morgan fingerprint density at radius 1 is 1.50 bits per heavy atom. The van der Waals surface area contributed by atoms with Crippen LogP contribution in [0.3, 0.4) is 0 Å². The minimum atomic E-state index is -0.298. The number of nitrogens with one attached hydrogen (secondary N) is 1. The van der Waals surface area contributed by atoms with Crippen molar-refractivity contribution in [2.24, 2.45) is 16.6 Å². The van der Waals surface area contributed by atoms with Gasteiger partial charge in [0.05, 0.1) is 5.84 Å². The highest BCUT2D eigenvalue weighted by molar-refractivity contribution is 5.89. The standard InChI is InChI=1S/C10H19N3O/c1-7(2)9(10(11)14)13-8-5-3-4-6-12-8/h7,9H,3-6H2,1-2H3,(H2,11,14)(H,12,13). The molecule has 4 nitrogen and oxygen atoms in total. The van der Waals surface area contributed by atoms with Crippen LogP contribution < -0.4 is 11.1 Å². The van der Waals surface area contributed by atoms with E-state index in [0.29, 0.717) is 0 Å². The summed E-state index contributed by atoms with van der Waals surface area (Å²) in [5, 5.41) is 3.13. The summed E-state index contributed by atoms with van der Waals surface area (Å²) in [4.78, 5) is 15.5. The molecule has 0 bridgehead atoms. The maximum absolute atomic E-state index is 11.1. The van der Waals surface area contributed by atoms with Gasteiger partial charge in [0.25, 0.3) is 0 Å². The van der Waals surface area contributed by atoms with Gasteiger partial charge in [-0.25, -0.2) is 0 Å². The molecule has 1 amide bonds. The van der Waals surface area contributed by atoms with Crippen LogP contribution >= 0.6 is 0 Å². The average molecular weight is 197 g/mol. The molecule has 1 heterocycles. The summed E-state index contributed by atoms with van der Waals surface area (Å²) in [5.41, 5.74) is 5.30. The highest BCUT2D eigenvalue weighted by atomic mass is 16.1. The molecule has 0 fully saturated rings. The maximum Gasteiger partial charge on any atom is 0.240 e. The predicted molar refractivity (Wildman–Crippen MR) is 57.1 cm³/mol. The molecule has 4 heteroatoms. The molecule has 80 valence electrons. The monoisotopic (exact) mass is 197 g/mol. The van der Waals surface area contributed by atoms with Crippen LogP contribution in [0.4, 0.5) is 0 Å². The quantitative estimate of drug-likeness (QED) is 0.698. The lowest BCUT2D eigenvalue weighted by atomic mass is 10.0. The summed E-state index contributed by atoms with van der Waals surface area (Å²) in [7, 11) is 0. The van der Waals surface area contributed by atoms with E-state index < -0.39 is 0 Å². The molecule has 14 heavy (non-hydrogen) atoms. The molecule has 0 aliphatic carbocycles. The normalized spacial score (nSPS) is 18.9. The van der Waals surface area contributed by atoms with Crippen molar-refractivity contribution in [1.82, 2.24) is 5.32 Å².